The maximum atomic E-state index is 11.6. The van der Waals surface area contributed by atoms with E-state index in [9.17, 15) is 4.79 Å². The maximum absolute atomic E-state index is 11.6. The predicted octanol–water partition coefficient (Wildman–Crippen LogP) is 0.946. The first-order valence-corrected chi connectivity index (χ1v) is 5.26. The van der Waals surface area contributed by atoms with Gasteiger partial charge in [0.2, 0.25) is 5.91 Å². The number of carbonyl (C=O) groups excluding carboxylic acids is 1. The molecule has 0 spiro atoms. The Kier molecular flexibility index (Phi) is 6.72. The zero-order chi connectivity index (χ0) is 11.8. The number of hydrogen-bond donors (Lipinski definition) is 0. The highest BCUT2D eigenvalue weighted by molar-refractivity contribution is 5.77. The van der Waals surface area contributed by atoms with Crippen LogP contribution >= 0.6 is 0 Å². The molecule has 86 valence electrons. The standard InChI is InChI=1S/C11H21N3O/c1-10(2)8-13(3)9-11(15)14(4)7-5-6-12/h10H,5,7-9H2,1-4H3. The molecule has 0 aliphatic carbocycles. The highest BCUT2D eigenvalue weighted by Crippen LogP contribution is 1.97. The molecule has 0 saturated heterocycles. The molecule has 0 aromatic carbocycles. The van der Waals surface area contributed by atoms with E-state index < -0.39 is 0 Å². The SMILES string of the molecule is CC(C)CN(C)CC(=O)N(C)CCC#N. The molecule has 0 aliphatic rings. The van der Waals surface area contributed by atoms with Crippen LogP contribution in [0.3, 0.4) is 0 Å². The molecule has 15 heavy (non-hydrogen) atoms. The van der Waals surface area contributed by atoms with Crippen molar-refractivity contribution in [3.8, 4) is 6.07 Å². The molecule has 0 radical (unpaired) electrons. The summed E-state index contributed by atoms with van der Waals surface area (Å²) in [6.07, 6.45) is 0.399. The number of likely N-dealkylation sites (N-methyl/N-ethyl adjacent to an activating group) is 2. The van der Waals surface area contributed by atoms with Crippen LogP contribution in [0.15, 0.2) is 0 Å². The molecule has 0 rings (SSSR count). The van der Waals surface area contributed by atoms with E-state index in [1.165, 1.54) is 0 Å². The summed E-state index contributed by atoms with van der Waals surface area (Å²) in [6, 6.07) is 2.03. The molecule has 0 heterocycles. The summed E-state index contributed by atoms with van der Waals surface area (Å²) in [7, 11) is 3.68. The third-order valence-corrected chi connectivity index (χ3v) is 2.07. The van der Waals surface area contributed by atoms with E-state index in [1.807, 2.05) is 18.0 Å². The van der Waals surface area contributed by atoms with Crippen LogP contribution in [0.25, 0.3) is 0 Å². The highest BCUT2D eigenvalue weighted by atomic mass is 16.2. The number of amides is 1. The molecule has 0 aromatic rings. The number of hydrogen-bond acceptors (Lipinski definition) is 3. The zero-order valence-corrected chi connectivity index (χ0v) is 10.2. The van der Waals surface area contributed by atoms with Crippen molar-refractivity contribution < 1.29 is 4.79 Å². The summed E-state index contributed by atoms with van der Waals surface area (Å²) in [5.74, 6) is 0.639. The smallest absolute Gasteiger partial charge is 0.236 e. The van der Waals surface area contributed by atoms with Gasteiger partial charge in [-0.2, -0.15) is 5.26 Å². The first kappa shape index (κ1) is 13.9. The van der Waals surface area contributed by atoms with E-state index in [2.05, 4.69) is 13.8 Å². The number of nitrogens with zero attached hydrogens (tertiary/aromatic N) is 3. The summed E-state index contributed by atoms with van der Waals surface area (Å²) in [5, 5.41) is 8.40. The van der Waals surface area contributed by atoms with Gasteiger partial charge in [0.05, 0.1) is 19.0 Å². The Labute approximate surface area is 92.5 Å². The second-order valence-corrected chi connectivity index (χ2v) is 4.31. The fourth-order valence-corrected chi connectivity index (χ4v) is 1.38. The van der Waals surface area contributed by atoms with Crippen molar-refractivity contribution in [1.29, 1.82) is 5.26 Å². The van der Waals surface area contributed by atoms with Crippen molar-refractivity contribution in [2.24, 2.45) is 5.92 Å². The van der Waals surface area contributed by atoms with E-state index in [0.717, 1.165) is 6.54 Å². The molecule has 0 aromatic heterocycles. The molecule has 0 atom stereocenters. The molecule has 0 fully saturated rings. The molecule has 0 unspecified atom stereocenters. The minimum absolute atomic E-state index is 0.0772. The summed E-state index contributed by atoms with van der Waals surface area (Å²) in [6.45, 7) is 6.11. The van der Waals surface area contributed by atoms with E-state index in [4.69, 9.17) is 5.26 Å². The van der Waals surface area contributed by atoms with Crippen LogP contribution < -0.4 is 0 Å². The van der Waals surface area contributed by atoms with E-state index in [1.54, 1.807) is 11.9 Å². The van der Waals surface area contributed by atoms with Crippen LogP contribution in [0.5, 0.6) is 0 Å². The van der Waals surface area contributed by atoms with E-state index in [-0.39, 0.29) is 5.91 Å². The Morgan fingerprint density at radius 3 is 2.47 bits per heavy atom. The summed E-state index contributed by atoms with van der Waals surface area (Å²) >= 11 is 0. The van der Waals surface area contributed by atoms with Gasteiger partial charge in [0.15, 0.2) is 0 Å². The van der Waals surface area contributed by atoms with Gasteiger partial charge in [-0.05, 0) is 13.0 Å². The van der Waals surface area contributed by atoms with Crippen LogP contribution in [0.4, 0.5) is 0 Å². The average Bonchev–Trinajstić information content (AvgIpc) is 2.12. The maximum Gasteiger partial charge on any atom is 0.236 e. The van der Waals surface area contributed by atoms with Gasteiger partial charge in [-0.1, -0.05) is 13.8 Å². The van der Waals surface area contributed by atoms with Crippen LogP contribution in [0.2, 0.25) is 0 Å². The lowest BCUT2D eigenvalue weighted by Gasteiger charge is -2.22. The minimum Gasteiger partial charge on any atom is -0.344 e. The Morgan fingerprint density at radius 1 is 1.40 bits per heavy atom. The normalized spacial score (nSPS) is 10.5. The zero-order valence-electron chi connectivity index (χ0n) is 10.2. The summed E-state index contributed by atoms with van der Waals surface area (Å²) in [4.78, 5) is 15.2. The van der Waals surface area contributed by atoms with Gasteiger partial charge >= 0.3 is 0 Å². The Morgan fingerprint density at radius 2 is 2.00 bits per heavy atom. The molecule has 4 nitrogen and oxygen atoms in total. The third kappa shape index (κ3) is 6.92. The first-order chi connectivity index (χ1) is 6.97. The van der Waals surface area contributed by atoms with Crippen molar-refractivity contribution >= 4 is 5.91 Å². The van der Waals surface area contributed by atoms with Crippen LogP contribution in [0.1, 0.15) is 20.3 Å². The average molecular weight is 211 g/mol. The van der Waals surface area contributed by atoms with Crippen molar-refractivity contribution in [1.82, 2.24) is 9.80 Å². The second kappa shape index (κ2) is 7.24. The number of nitriles is 1. The number of carbonyl (C=O) groups is 1. The number of rotatable bonds is 6. The van der Waals surface area contributed by atoms with Gasteiger partial charge in [-0.25, -0.2) is 0 Å². The Bertz CT molecular complexity index is 232. The van der Waals surface area contributed by atoms with Gasteiger partial charge in [0.1, 0.15) is 0 Å². The predicted molar refractivity (Wildman–Crippen MR) is 60.2 cm³/mol. The molecule has 0 N–H and O–H groups in total. The van der Waals surface area contributed by atoms with Gasteiger partial charge in [-0.3, -0.25) is 9.69 Å². The fourth-order valence-electron chi connectivity index (χ4n) is 1.38. The van der Waals surface area contributed by atoms with Crippen LogP contribution in [0, 0.1) is 17.2 Å². The van der Waals surface area contributed by atoms with Crippen molar-refractivity contribution in [3.05, 3.63) is 0 Å². The quantitative estimate of drug-likeness (QED) is 0.657. The topological polar surface area (TPSA) is 47.3 Å². The molecular formula is C11H21N3O. The van der Waals surface area contributed by atoms with Crippen LogP contribution in [-0.4, -0.2) is 49.4 Å². The van der Waals surface area contributed by atoms with Gasteiger partial charge in [-0.15, -0.1) is 0 Å². The van der Waals surface area contributed by atoms with E-state index in [0.29, 0.717) is 25.4 Å². The lowest BCUT2D eigenvalue weighted by molar-refractivity contribution is -0.130. The van der Waals surface area contributed by atoms with E-state index >= 15 is 0 Å². The van der Waals surface area contributed by atoms with Gasteiger partial charge in [0.25, 0.3) is 0 Å². The third-order valence-electron chi connectivity index (χ3n) is 2.07. The lowest BCUT2D eigenvalue weighted by atomic mass is 10.2. The summed E-state index contributed by atoms with van der Waals surface area (Å²) in [5.41, 5.74) is 0. The lowest BCUT2D eigenvalue weighted by Crippen LogP contribution is -2.38. The Hall–Kier alpha value is -1.08. The minimum atomic E-state index is 0.0772. The first-order valence-electron chi connectivity index (χ1n) is 5.26. The monoisotopic (exact) mass is 211 g/mol. The fraction of sp³-hybridized carbons (Fsp3) is 0.818. The van der Waals surface area contributed by atoms with Crippen LogP contribution in [-0.2, 0) is 4.79 Å². The Balaban J connectivity index is 3.86. The van der Waals surface area contributed by atoms with Crippen molar-refractivity contribution in [2.75, 3.05) is 33.7 Å². The highest BCUT2D eigenvalue weighted by Gasteiger charge is 2.11. The molecule has 1 amide bonds. The largest absolute Gasteiger partial charge is 0.344 e. The molecule has 0 saturated carbocycles. The van der Waals surface area contributed by atoms with Crippen molar-refractivity contribution in [3.63, 3.8) is 0 Å². The molecule has 4 heteroatoms. The molecular weight excluding hydrogens is 190 g/mol. The van der Waals surface area contributed by atoms with Gasteiger partial charge < -0.3 is 4.90 Å². The molecule has 0 aliphatic heterocycles. The molecule has 0 bridgehead atoms. The summed E-state index contributed by atoms with van der Waals surface area (Å²) < 4.78 is 0. The van der Waals surface area contributed by atoms with Crippen molar-refractivity contribution in [2.45, 2.75) is 20.3 Å². The van der Waals surface area contributed by atoms with Gasteiger partial charge in [0, 0.05) is 20.1 Å². The second-order valence-electron chi connectivity index (χ2n) is 4.31.